The average Bonchev–Trinajstić information content (AvgIpc) is 2.89. The van der Waals surface area contributed by atoms with Crippen molar-refractivity contribution in [2.24, 2.45) is 0 Å². The van der Waals surface area contributed by atoms with Crippen molar-refractivity contribution in [3.8, 4) is 11.3 Å². The summed E-state index contributed by atoms with van der Waals surface area (Å²) < 4.78 is 10.3. The molecule has 5 heteroatoms. The highest BCUT2D eigenvalue weighted by atomic mass is 35.5. The molecule has 4 nitrogen and oxygen atoms in total. The smallest absolute Gasteiger partial charge is 0.308 e. The Labute approximate surface area is 121 Å². The van der Waals surface area contributed by atoms with Crippen molar-refractivity contribution in [1.29, 1.82) is 0 Å². The second kappa shape index (κ2) is 6.59. The van der Waals surface area contributed by atoms with E-state index in [1.54, 1.807) is 31.2 Å². The van der Waals surface area contributed by atoms with E-state index in [-0.39, 0.29) is 6.42 Å². The van der Waals surface area contributed by atoms with Crippen LogP contribution >= 0.6 is 11.6 Å². The Morgan fingerprint density at radius 3 is 2.65 bits per heavy atom. The predicted octanol–water partition coefficient (Wildman–Crippen LogP) is 3.59. The molecular formula is C15H15ClO4. The molecule has 2 rings (SSSR count). The first-order chi connectivity index (χ1) is 9.60. The van der Waals surface area contributed by atoms with E-state index in [2.05, 4.69) is 0 Å². The molecule has 0 aliphatic rings. The first-order valence-electron chi connectivity index (χ1n) is 6.29. The van der Waals surface area contributed by atoms with E-state index in [9.17, 15) is 9.90 Å². The van der Waals surface area contributed by atoms with Gasteiger partial charge in [-0.25, -0.2) is 0 Å². The monoisotopic (exact) mass is 294 g/mol. The summed E-state index contributed by atoms with van der Waals surface area (Å²) in [5.41, 5.74) is 0.851. The molecule has 0 aliphatic heterocycles. The van der Waals surface area contributed by atoms with Crippen molar-refractivity contribution in [1.82, 2.24) is 0 Å². The number of carbonyl (C=O) groups excluding carboxylic acids is 1. The molecule has 20 heavy (non-hydrogen) atoms. The van der Waals surface area contributed by atoms with Crippen molar-refractivity contribution in [3.05, 3.63) is 47.2 Å². The molecule has 1 aromatic carbocycles. The first kappa shape index (κ1) is 14.6. The second-order valence-electron chi connectivity index (χ2n) is 4.23. The standard InChI is InChI=1S/C15H15ClO4/c1-2-19-15(18)9-12(17)14-8-7-13(20-14)10-3-5-11(16)6-4-10/h3-8,12,17H,2,9H2,1H3. The lowest BCUT2D eigenvalue weighted by Gasteiger charge is -2.07. The summed E-state index contributed by atoms with van der Waals surface area (Å²) in [6, 6.07) is 10.5. The van der Waals surface area contributed by atoms with Gasteiger partial charge >= 0.3 is 5.97 Å². The highest BCUT2D eigenvalue weighted by Crippen LogP contribution is 2.27. The maximum absolute atomic E-state index is 11.3. The molecule has 0 spiro atoms. The van der Waals surface area contributed by atoms with Crippen LogP contribution < -0.4 is 0 Å². The molecule has 0 aliphatic carbocycles. The molecule has 1 unspecified atom stereocenters. The number of benzene rings is 1. The zero-order chi connectivity index (χ0) is 14.5. The van der Waals surface area contributed by atoms with E-state index in [0.29, 0.717) is 23.2 Å². The highest BCUT2D eigenvalue weighted by molar-refractivity contribution is 6.30. The molecule has 0 saturated carbocycles. The van der Waals surface area contributed by atoms with E-state index in [0.717, 1.165) is 5.56 Å². The molecular weight excluding hydrogens is 280 g/mol. The van der Waals surface area contributed by atoms with Crippen LogP contribution in [0.1, 0.15) is 25.2 Å². The van der Waals surface area contributed by atoms with Crippen LogP contribution in [0.2, 0.25) is 5.02 Å². The molecule has 106 valence electrons. The summed E-state index contributed by atoms with van der Waals surface area (Å²) in [5, 5.41) is 10.5. The van der Waals surface area contributed by atoms with Gasteiger partial charge in [-0.05, 0) is 43.3 Å². The van der Waals surface area contributed by atoms with Crippen LogP contribution in [0.15, 0.2) is 40.8 Å². The lowest BCUT2D eigenvalue weighted by molar-refractivity contribution is -0.145. The Balaban J connectivity index is 2.08. The minimum absolute atomic E-state index is 0.124. The zero-order valence-electron chi connectivity index (χ0n) is 11.0. The van der Waals surface area contributed by atoms with Crippen LogP contribution in [0.4, 0.5) is 0 Å². The normalized spacial score (nSPS) is 12.2. The van der Waals surface area contributed by atoms with Crippen molar-refractivity contribution >= 4 is 17.6 Å². The third-order valence-corrected chi connectivity index (χ3v) is 3.00. The number of aliphatic hydroxyl groups excluding tert-OH is 1. The number of esters is 1. The fraction of sp³-hybridized carbons (Fsp3) is 0.267. The fourth-order valence-corrected chi connectivity index (χ4v) is 1.91. The number of ether oxygens (including phenoxy) is 1. The van der Waals surface area contributed by atoms with E-state index in [4.69, 9.17) is 20.8 Å². The van der Waals surface area contributed by atoms with E-state index in [1.807, 2.05) is 12.1 Å². The van der Waals surface area contributed by atoms with Gasteiger partial charge in [0.1, 0.15) is 17.6 Å². The van der Waals surface area contributed by atoms with Crippen molar-refractivity contribution in [2.75, 3.05) is 6.61 Å². The van der Waals surface area contributed by atoms with Crippen LogP contribution in [0.3, 0.4) is 0 Å². The van der Waals surface area contributed by atoms with E-state index < -0.39 is 12.1 Å². The van der Waals surface area contributed by atoms with E-state index in [1.165, 1.54) is 0 Å². The van der Waals surface area contributed by atoms with Gasteiger partial charge in [0.25, 0.3) is 0 Å². The molecule has 0 bridgehead atoms. The number of furan rings is 1. The second-order valence-corrected chi connectivity index (χ2v) is 4.67. The topological polar surface area (TPSA) is 59.7 Å². The quantitative estimate of drug-likeness (QED) is 0.856. The first-order valence-corrected chi connectivity index (χ1v) is 6.67. The Kier molecular flexibility index (Phi) is 4.82. The molecule has 1 atom stereocenters. The summed E-state index contributed by atoms with van der Waals surface area (Å²) in [5.74, 6) is 0.493. The summed E-state index contributed by atoms with van der Waals surface area (Å²) in [4.78, 5) is 11.3. The molecule has 0 amide bonds. The summed E-state index contributed by atoms with van der Waals surface area (Å²) in [6.45, 7) is 2.01. The van der Waals surface area contributed by atoms with Gasteiger partial charge in [0, 0.05) is 10.6 Å². The van der Waals surface area contributed by atoms with Crippen LogP contribution in [-0.2, 0) is 9.53 Å². The number of hydrogen-bond donors (Lipinski definition) is 1. The molecule has 1 N–H and O–H groups in total. The van der Waals surface area contributed by atoms with Crippen molar-refractivity contribution in [3.63, 3.8) is 0 Å². The molecule has 0 fully saturated rings. The van der Waals surface area contributed by atoms with Gasteiger partial charge in [-0.15, -0.1) is 0 Å². The fourth-order valence-electron chi connectivity index (χ4n) is 1.78. The van der Waals surface area contributed by atoms with Gasteiger partial charge in [0.05, 0.1) is 13.0 Å². The van der Waals surface area contributed by atoms with Gasteiger partial charge in [-0.1, -0.05) is 11.6 Å². The van der Waals surface area contributed by atoms with Gasteiger partial charge in [-0.3, -0.25) is 4.79 Å². The highest BCUT2D eigenvalue weighted by Gasteiger charge is 2.17. The average molecular weight is 295 g/mol. The summed E-state index contributed by atoms with van der Waals surface area (Å²) in [7, 11) is 0. The summed E-state index contributed by atoms with van der Waals surface area (Å²) in [6.07, 6.45) is -1.13. The van der Waals surface area contributed by atoms with Crippen LogP contribution in [0, 0.1) is 0 Å². The molecule has 0 saturated heterocycles. The van der Waals surface area contributed by atoms with Crippen LogP contribution in [0.5, 0.6) is 0 Å². The lowest BCUT2D eigenvalue weighted by atomic mass is 10.2. The Bertz CT molecular complexity index is 574. The molecule has 2 aromatic rings. The number of rotatable bonds is 5. The van der Waals surface area contributed by atoms with Gasteiger partial charge < -0.3 is 14.3 Å². The third kappa shape index (κ3) is 3.62. The zero-order valence-corrected chi connectivity index (χ0v) is 11.8. The maximum Gasteiger partial charge on any atom is 0.308 e. The molecule has 0 radical (unpaired) electrons. The number of halogens is 1. The van der Waals surface area contributed by atoms with Gasteiger partial charge in [0.2, 0.25) is 0 Å². The van der Waals surface area contributed by atoms with Crippen LogP contribution in [-0.4, -0.2) is 17.7 Å². The maximum atomic E-state index is 11.3. The van der Waals surface area contributed by atoms with Crippen LogP contribution in [0.25, 0.3) is 11.3 Å². The minimum Gasteiger partial charge on any atom is -0.466 e. The Morgan fingerprint density at radius 1 is 1.30 bits per heavy atom. The largest absolute Gasteiger partial charge is 0.466 e. The van der Waals surface area contributed by atoms with Gasteiger partial charge in [0.15, 0.2) is 0 Å². The minimum atomic E-state index is -1.00. The SMILES string of the molecule is CCOC(=O)CC(O)c1ccc(-c2ccc(Cl)cc2)o1. The molecule has 1 heterocycles. The Morgan fingerprint density at radius 2 is 2.00 bits per heavy atom. The predicted molar refractivity (Wildman–Crippen MR) is 75.4 cm³/mol. The number of aliphatic hydroxyl groups is 1. The van der Waals surface area contributed by atoms with Crippen molar-refractivity contribution < 1.29 is 19.1 Å². The molecule has 1 aromatic heterocycles. The summed E-state index contributed by atoms with van der Waals surface area (Å²) >= 11 is 5.82. The third-order valence-electron chi connectivity index (χ3n) is 2.75. The van der Waals surface area contributed by atoms with Gasteiger partial charge in [-0.2, -0.15) is 0 Å². The van der Waals surface area contributed by atoms with Crippen molar-refractivity contribution in [2.45, 2.75) is 19.4 Å². The number of hydrogen-bond acceptors (Lipinski definition) is 4. The number of carbonyl (C=O) groups is 1. The Hall–Kier alpha value is -1.78. The lowest BCUT2D eigenvalue weighted by Crippen LogP contribution is -2.09. The van der Waals surface area contributed by atoms with E-state index >= 15 is 0 Å².